The third-order valence-electron chi connectivity index (χ3n) is 5.01. The van der Waals surface area contributed by atoms with E-state index in [-0.39, 0.29) is 4.90 Å². The number of benzene rings is 3. The van der Waals surface area contributed by atoms with Gasteiger partial charge in [0.15, 0.2) is 0 Å². The van der Waals surface area contributed by atoms with Crippen LogP contribution in [0.15, 0.2) is 77.7 Å². The summed E-state index contributed by atoms with van der Waals surface area (Å²) in [6.45, 7) is 14.3. The molecule has 234 valence electrons. The minimum absolute atomic E-state index is 0.183. The molecule has 0 spiro atoms. The van der Waals surface area contributed by atoms with Crippen molar-refractivity contribution in [3.63, 3.8) is 0 Å². The van der Waals surface area contributed by atoms with E-state index in [4.69, 9.17) is 23.7 Å². The molecule has 3 aromatic carbocycles. The first kappa shape index (κ1) is 36.8. The molecule has 0 saturated carbocycles. The van der Waals surface area contributed by atoms with Gasteiger partial charge in [0.1, 0.15) is 29.5 Å². The number of ether oxygens (including phenoxy) is 4. The molecule has 0 heterocycles. The molecule has 3 rings (SSSR count). The first-order chi connectivity index (χ1) is 20.0. The molecule has 0 aliphatic heterocycles. The summed E-state index contributed by atoms with van der Waals surface area (Å²) >= 11 is 0. The lowest BCUT2D eigenvalue weighted by Crippen LogP contribution is -2.26. The maximum atomic E-state index is 12.2. The van der Waals surface area contributed by atoms with Gasteiger partial charge in [-0.3, -0.25) is 4.18 Å². The SMILES string of the molecule is C=O.COS(=O)(=O)c1ccccc1.Cc1cc(OC(=O)OC(C)(C)C)c(Cc2ccccc2)cc1OC(=O)OC(C)(C)C. The van der Waals surface area contributed by atoms with Crippen LogP contribution in [0.3, 0.4) is 0 Å². The summed E-state index contributed by atoms with van der Waals surface area (Å²) in [7, 11) is -2.36. The molecule has 0 aromatic heterocycles. The molecule has 0 atom stereocenters. The fourth-order valence-electron chi connectivity index (χ4n) is 3.27. The van der Waals surface area contributed by atoms with Gasteiger partial charge in [0.2, 0.25) is 0 Å². The molecular formula is C32H40O10S. The molecule has 0 radical (unpaired) electrons. The Hall–Kier alpha value is -4.22. The van der Waals surface area contributed by atoms with E-state index in [1.807, 2.05) is 37.1 Å². The Bertz CT molecular complexity index is 1420. The van der Waals surface area contributed by atoms with E-state index < -0.39 is 33.6 Å². The highest BCUT2D eigenvalue weighted by Crippen LogP contribution is 2.31. The number of rotatable bonds is 6. The summed E-state index contributed by atoms with van der Waals surface area (Å²) in [4.78, 5) is 32.5. The van der Waals surface area contributed by atoms with Crippen molar-refractivity contribution in [2.24, 2.45) is 0 Å². The second-order valence-electron chi connectivity index (χ2n) is 11.0. The Labute approximate surface area is 254 Å². The van der Waals surface area contributed by atoms with Crippen molar-refractivity contribution in [1.29, 1.82) is 0 Å². The van der Waals surface area contributed by atoms with Crippen molar-refractivity contribution >= 4 is 29.2 Å². The lowest BCUT2D eigenvalue weighted by atomic mass is 10.0. The maximum absolute atomic E-state index is 12.2. The van der Waals surface area contributed by atoms with Gasteiger partial charge in [0.05, 0.1) is 12.0 Å². The van der Waals surface area contributed by atoms with Crippen molar-refractivity contribution in [2.75, 3.05) is 7.11 Å². The molecule has 10 nitrogen and oxygen atoms in total. The molecule has 0 aliphatic rings. The minimum atomic E-state index is -3.50. The van der Waals surface area contributed by atoms with Crippen LogP contribution in [0, 0.1) is 6.92 Å². The fourth-order valence-corrected chi connectivity index (χ4v) is 3.95. The lowest BCUT2D eigenvalue weighted by Gasteiger charge is -2.21. The van der Waals surface area contributed by atoms with Gasteiger partial charge < -0.3 is 23.7 Å². The van der Waals surface area contributed by atoms with E-state index in [1.54, 1.807) is 78.8 Å². The monoisotopic (exact) mass is 616 g/mol. The summed E-state index contributed by atoms with van der Waals surface area (Å²) in [5, 5.41) is 0. The van der Waals surface area contributed by atoms with E-state index in [2.05, 4.69) is 4.18 Å². The number of aryl methyl sites for hydroxylation is 1. The summed E-state index contributed by atoms with van der Waals surface area (Å²) < 4.78 is 47.7. The van der Waals surface area contributed by atoms with Crippen LogP contribution < -0.4 is 9.47 Å². The lowest BCUT2D eigenvalue weighted by molar-refractivity contribution is -0.0980. The third-order valence-corrected chi connectivity index (χ3v) is 6.30. The topological polar surface area (TPSA) is 132 Å². The second-order valence-corrected chi connectivity index (χ2v) is 12.7. The zero-order valence-electron chi connectivity index (χ0n) is 25.8. The normalized spacial score (nSPS) is 11.1. The number of hydrogen-bond acceptors (Lipinski definition) is 10. The van der Waals surface area contributed by atoms with Crippen LogP contribution in [0.2, 0.25) is 0 Å². The fraction of sp³-hybridized carbons (Fsp3) is 0.344. The Kier molecular flexibility index (Phi) is 14.1. The molecule has 0 aliphatic carbocycles. The highest BCUT2D eigenvalue weighted by Gasteiger charge is 2.23. The van der Waals surface area contributed by atoms with Gasteiger partial charge in [0.25, 0.3) is 10.1 Å². The zero-order valence-corrected chi connectivity index (χ0v) is 26.6. The average Bonchev–Trinajstić information content (AvgIpc) is 2.91. The van der Waals surface area contributed by atoms with Crippen molar-refractivity contribution in [3.05, 3.63) is 89.5 Å². The molecule has 0 bridgehead atoms. The molecule has 0 saturated heterocycles. The Morgan fingerprint density at radius 3 is 1.60 bits per heavy atom. The smallest absolute Gasteiger partial charge is 0.428 e. The van der Waals surface area contributed by atoms with Crippen LogP contribution >= 0.6 is 0 Å². The average molecular weight is 617 g/mol. The Morgan fingerprint density at radius 2 is 1.16 bits per heavy atom. The molecule has 0 unspecified atom stereocenters. The first-order valence-electron chi connectivity index (χ1n) is 13.1. The van der Waals surface area contributed by atoms with Crippen LogP contribution in [0.1, 0.15) is 58.2 Å². The van der Waals surface area contributed by atoms with Crippen molar-refractivity contribution in [3.8, 4) is 11.5 Å². The van der Waals surface area contributed by atoms with Gasteiger partial charge in [-0.05, 0) is 83.9 Å². The quantitative estimate of drug-likeness (QED) is 0.161. The largest absolute Gasteiger partial charge is 0.514 e. The predicted octanol–water partition coefficient (Wildman–Crippen LogP) is 7.05. The molecule has 0 fully saturated rings. The zero-order chi connectivity index (χ0) is 32.8. The van der Waals surface area contributed by atoms with Gasteiger partial charge in [-0.2, -0.15) is 8.42 Å². The summed E-state index contributed by atoms with van der Waals surface area (Å²) in [6.07, 6.45) is -1.11. The van der Waals surface area contributed by atoms with Crippen LogP contribution in [-0.2, 0) is 35.0 Å². The summed E-state index contributed by atoms with van der Waals surface area (Å²) in [6, 6.07) is 21.1. The molecule has 0 N–H and O–H groups in total. The van der Waals surface area contributed by atoms with E-state index in [9.17, 15) is 18.0 Å². The maximum Gasteiger partial charge on any atom is 0.514 e. The Morgan fingerprint density at radius 1 is 0.721 bits per heavy atom. The number of carbonyl (C=O) groups is 3. The highest BCUT2D eigenvalue weighted by molar-refractivity contribution is 7.86. The van der Waals surface area contributed by atoms with E-state index >= 15 is 0 Å². The molecule has 43 heavy (non-hydrogen) atoms. The number of hydrogen-bond donors (Lipinski definition) is 0. The molecule has 0 amide bonds. The van der Waals surface area contributed by atoms with Gasteiger partial charge in [-0.15, -0.1) is 0 Å². The molecule has 11 heteroatoms. The van der Waals surface area contributed by atoms with Gasteiger partial charge >= 0.3 is 12.3 Å². The van der Waals surface area contributed by atoms with E-state index in [1.165, 1.54) is 12.1 Å². The summed E-state index contributed by atoms with van der Waals surface area (Å²) in [5.41, 5.74) is 0.967. The summed E-state index contributed by atoms with van der Waals surface area (Å²) in [5.74, 6) is 0.689. The van der Waals surface area contributed by atoms with Crippen molar-refractivity contribution in [2.45, 2.75) is 71.0 Å². The Balaban J connectivity index is 0.000000592. The van der Waals surface area contributed by atoms with Gasteiger partial charge in [0, 0.05) is 12.0 Å². The standard InChI is InChI=1S/C24H30O6.C7H8O3S.CH2O/c1-16-13-20(28-22(26)30-24(5,6)7)18(14-17-11-9-8-10-12-17)15-19(16)27-21(25)29-23(2,3)4;1-10-11(8,9)7-5-3-2-4-6-7;1-2/h8-13,15H,14H2,1-7H3;2-6H,1H3;1H2. The van der Waals surface area contributed by atoms with Gasteiger partial charge in [-0.25, -0.2) is 9.59 Å². The van der Waals surface area contributed by atoms with Crippen LogP contribution in [0.4, 0.5) is 9.59 Å². The first-order valence-corrected chi connectivity index (χ1v) is 14.5. The van der Waals surface area contributed by atoms with Gasteiger partial charge in [-0.1, -0.05) is 48.5 Å². The van der Waals surface area contributed by atoms with Crippen molar-refractivity contribution in [1.82, 2.24) is 0 Å². The highest BCUT2D eigenvalue weighted by atomic mass is 32.2. The minimum Gasteiger partial charge on any atom is -0.428 e. The molecular weight excluding hydrogens is 576 g/mol. The predicted molar refractivity (Wildman–Crippen MR) is 162 cm³/mol. The van der Waals surface area contributed by atoms with E-state index in [0.29, 0.717) is 29.0 Å². The van der Waals surface area contributed by atoms with E-state index in [0.717, 1.165) is 12.7 Å². The van der Waals surface area contributed by atoms with Crippen LogP contribution in [-0.4, -0.2) is 45.8 Å². The molecule has 3 aromatic rings. The third kappa shape index (κ3) is 14.0. The number of carbonyl (C=O) groups excluding carboxylic acids is 3. The second kappa shape index (κ2) is 16.4. The van der Waals surface area contributed by atoms with Crippen LogP contribution in [0.25, 0.3) is 0 Å². The van der Waals surface area contributed by atoms with Crippen LogP contribution in [0.5, 0.6) is 11.5 Å². The van der Waals surface area contributed by atoms with Crippen molar-refractivity contribution < 1.29 is 45.9 Å².